The molecule has 0 aromatic carbocycles. The van der Waals surface area contributed by atoms with Crippen LogP contribution in [0, 0.1) is 0 Å². The van der Waals surface area contributed by atoms with Gasteiger partial charge in [0, 0.05) is 28.2 Å². The van der Waals surface area contributed by atoms with E-state index in [1.807, 2.05) is 51.0 Å². The second-order valence-corrected chi connectivity index (χ2v) is 3.69. The summed E-state index contributed by atoms with van der Waals surface area (Å²) in [6.45, 7) is 1.92. The summed E-state index contributed by atoms with van der Waals surface area (Å²) in [6.07, 6.45) is 3.67. The highest BCUT2D eigenvalue weighted by Crippen LogP contribution is 2.12. The van der Waals surface area contributed by atoms with Gasteiger partial charge in [-0.3, -0.25) is 0 Å². The van der Waals surface area contributed by atoms with E-state index in [1.165, 1.54) is 0 Å². The van der Waals surface area contributed by atoms with Crippen LogP contribution in [0.4, 0.5) is 17.8 Å². The average Bonchev–Trinajstić information content (AvgIpc) is 2.25. The predicted octanol–water partition coefficient (Wildman–Crippen LogP) is 0.949. The van der Waals surface area contributed by atoms with Crippen LogP contribution < -0.4 is 15.1 Å². The Balaban J connectivity index is 3.08. The summed E-state index contributed by atoms with van der Waals surface area (Å²) in [6, 6.07) is 0. The van der Waals surface area contributed by atoms with E-state index in [2.05, 4.69) is 20.3 Å². The topological polar surface area (TPSA) is 57.2 Å². The van der Waals surface area contributed by atoms with Gasteiger partial charge < -0.3 is 15.1 Å². The predicted molar refractivity (Wildman–Crippen MR) is 66.9 cm³/mol. The number of allylic oxidation sites excluding steroid dienone is 1. The standard InChI is InChI=1S/C10H18N6/c1-6-7-11-8-12-9(15(2)3)14-10(13-8)16(4)5/h6-7H,1-5H3,(H,11,12,13,14). The molecule has 88 valence electrons. The lowest BCUT2D eigenvalue weighted by Gasteiger charge is -2.15. The molecule has 0 unspecified atom stereocenters. The van der Waals surface area contributed by atoms with Crippen LogP contribution in [0.5, 0.6) is 0 Å². The molecule has 1 aromatic heterocycles. The van der Waals surface area contributed by atoms with Gasteiger partial charge >= 0.3 is 0 Å². The molecular weight excluding hydrogens is 204 g/mol. The first-order chi connectivity index (χ1) is 7.54. The quantitative estimate of drug-likeness (QED) is 0.818. The van der Waals surface area contributed by atoms with E-state index in [0.29, 0.717) is 17.8 Å². The SMILES string of the molecule is CC=CNc1nc(N(C)C)nc(N(C)C)n1. The minimum Gasteiger partial charge on any atom is -0.347 e. The fraction of sp³-hybridized carbons (Fsp3) is 0.500. The molecular formula is C10H18N6. The van der Waals surface area contributed by atoms with Gasteiger partial charge in [0.2, 0.25) is 17.8 Å². The molecule has 0 aliphatic heterocycles. The zero-order valence-electron chi connectivity index (χ0n) is 10.4. The lowest BCUT2D eigenvalue weighted by molar-refractivity contribution is 0.919. The van der Waals surface area contributed by atoms with Crippen LogP contribution in [0.25, 0.3) is 0 Å². The smallest absolute Gasteiger partial charge is 0.233 e. The van der Waals surface area contributed by atoms with Crippen molar-refractivity contribution in [3.8, 4) is 0 Å². The normalized spacial score (nSPS) is 10.6. The van der Waals surface area contributed by atoms with Crippen molar-refractivity contribution in [2.45, 2.75) is 6.92 Å². The Hall–Kier alpha value is -1.85. The minimum atomic E-state index is 0.542. The van der Waals surface area contributed by atoms with Gasteiger partial charge in [0.05, 0.1) is 0 Å². The molecule has 0 spiro atoms. The Morgan fingerprint density at radius 3 is 1.81 bits per heavy atom. The van der Waals surface area contributed by atoms with Crippen LogP contribution >= 0.6 is 0 Å². The monoisotopic (exact) mass is 222 g/mol. The average molecular weight is 222 g/mol. The molecule has 0 saturated heterocycles. The molecule has 0 saturated carbocycles. The van der Waals surface area contributed by atoms with Gasteiger partial charge in [-0.2, -0.15) is 15.0 Å². The number of anilines is 3. The molecule has 0 atom stereocenters. The summed E-state index contributed by atoms with van der Waals surface area (Å²) in [4.78, 5) is 16.5. The Morgan fingerprint density at radius 2 is 1.44 bits per heavy atom. The second-order valence-electron chi connectivity index (χ2n) is 3.69. The fourth-order valence-electron chi connectivity index (χ4n) is 0.976. The molecule has 0 radical (unpaired) electrons. The zero-order chi connectivity index (χ0) is 12.1. The lowest BCUT2D eigenvalue weighted by atomic mass is 10.7. The Kier molecular flexibility index (Phi) is 4.04. The summed E-state index contributed by atoms with van der Waals surface area (Å²) in [5.41, 5.74) is 0. The summed E-state index contributed by atoms with van der Waals surface area (Å²) in [5.74, 6) is 1.80. The van der Waals surface area contributed by atoms with E-state index in [1.54, 1.807) is 6.20 Å². The zero-order valence-corrected chi connectivity index (χ0v) is 10.4. The molecule has 0 fully saturated rings. The summed E-state index contributed by atoms with van der Waals surface area (Å²) < 4.78 is 0. The van der Waals surface area contributed by atoms with E-state index in [4.69, 9.17) is 0 Å². The molecule has 0 aliphatic carbocycles. The van der Waals surface area contributed by atoms with Crippen molar-refractivity contribution in [2.75, 3.05) is 43.3 Å². The Labute approximate surface area is 96.0 Å². The van der Waals surface area contributed by atoms with Crippen molar-refractivity contribution in [2.24, 2.45) is 0 Å². The van der Waals surface area contributed by atoms with Crippen LogP contribution in [-0.4, -0.2) is 43.1 Å². The van der Waals surface area contributed by atoms with E-state index in [9.17, 15) is 0 Å². The molecule has 1 heterocycles. The molecule has 6 nitrogen and oxygen atoms in total. The molecule has 0 aliphatic rings. The third-order valence-electron chi connectivity index (χ3n) is 1.79. The van der Waals surface area contributed by atoms with Gasteiger partial charge in [0.1, 0.15) is 0 Å². The van der Waals surface area contributed by atoms with Gasteiger partial charge in [0.15, 0.2) is 0 Å². The Bertz CT molecular complexity index is 345. The van der Waals surface area contributed by atoms with Crippen molar-refractivity contribution >= 4 is 17.8 Å². The van der Waals surface area contributed by atoms with Crippen molar-refractivity contribution in [1.82, 2.24) is 15.0 Å². The maximum atomic E-state index is 4.31. The van der Waals surface area contributed by atoms with E-state index in [-0.39, 0.29) is 0 Å². The first kappa shape index (κ1) is 12.2. The van der Waals surface area contributed by atoms with Crippen LogP contribution in [0.15, 0.2) is 12.3 Å². The van der Waals surface area contributed by atoms with Crippen molar-refractivity contribution in [3.05, 3.63) is 12.3 Å². The number of rotatable bonds is 4. The van der Waals surface area contributed by atoms with Gasteiger partial charge in [-0.15, -0.1) is 0 Å². The number of hydrogen-bond donors (Lipinski definition) is 1. The molecule has 0 bridgehead atoms. The molecule has 1 aromatic rings. The van der Waals surface area contributed by atoms with E-state index >= 15 is 0 Å². The third-order valence-corrected chi connectivity index (χ3v) is 1.79. The molecule has 6 heteroatoms. The van der Waals surface area contributed by atoms with Crippen molar-refractivity contribution < 1.29 is 0 Å². The van der Waals surface area contributed by atoms with Crippen LogP contribution in [0.1, 0.15) is 6.92 Å². The molecule has 16 heavy (non-hydrogen) atoms. The number of nitrogens with one attached hydrogen (secondary N) is 1. The van der Waals surface area contributed by atoms with Gasteiger partial charge in [-0.05, 0) is 13.1 Å². The van der Waals surface area contributed by atoms with Gasteiger partial charge in [-0.25, -0.2) is 0 Å². The number of aromatic nitrogens is 3. The summed E-state index contributed by atoms with van der Waals surface area (Å²) >= 11 is 0. The summed E-state index contributed by atoms with van der Waals surface area (Å²) in [5, 5.41) is 2.99. The first-order valence-electron chi connectivity index (χ1n) is 5.03. The van der Waals surface area contributed by atoms with Crippen molar-refractivity contribution in [1.29, 1.82) is 0 Å². The second kappa shape index (κ2) is 5.29. The highest BCUT2D eigenvalue weighted by atomic mass is 15.3. The first-order valence-corrected chi connectivity index (χ1v) is 5.03. The maximum Gasteiger partial charge on any atom is 0.233 e. The highest BCUT2D eigenvalue weighted by Gasteiger charge is 2.08. The largest absolute Gasteiger partial charge is 0.347 e. The summed E-state index contributed by atoms with van der Waals surface area (Å²) in [7, 11) is 7.59. The van der Waals surface area contributed by atoms with Crippen molar-refractivity contribution in [3.63, 3.8) is 0 Å². The van der Waals surface area contributed by atoms with Gasteiger partial charge in [-0.1, -0.05) is 6.08 Å². The third kappa shape index (κ3) is 3.08. The fourth-order valence-corrected chi connectivity index (χ4v) is 0.976. The maximum absolute atomic E-state index is 4.31. The highest BCUT2D eigenvalue weighted by molar-refractivity contribution is 5.44. The minimum absolute atomic E-state index is 0.542. The molecule has 1 rings (SSSR count). The molecule has 1 N–H and O–H groups in total. The van der Waals surface area contributed by atoms with Crippen LogP contribution in [0.2, 0.25) is 0 Å². The van der Waals surface area contributed by atoms with Crippen LogP contribution in [-0.2, 0) is 0 Å². The molecule has 0 amide bonds. The van der Waals surface area contributed by atoms with Gasteiger partial charge in [0.25, 0.3) is 0 Å². The van der Waals surface area contributed by atoms with E-state index in [0.717, 1.165) is 0 Å². The number of hydrogen-bond acceptors (Lipinski definition) is 6. The number of nitrogens with zero attached hydrogens (tertiary/aromatic N) is 5. The van der Waals surface area contributed by atoms with Crippen LogP contribution in [0.3, 0.4) is 0 Å². The van der Waals surface area contributed by atoms with E-state index < -0.39 is 0 Å². The lowest BCUT2D eigenvalue weighted by Crippen LogP contribution is -2.19. The Morgan fingerprint density at radius 1 is 0.938 bits per heavy atom.